The number of carbonyl (C=O) groups is 1. The van der Waals surface area contributed by atoms with Gasteiger partial charge in [0.05, 0.1) is 31.7 Å². The summed E-state index contributed by atoms with van der Waals surface area (Å²) in [5.74, 6) is 2.21. The van der Waals surface area contributed by atoms with Crippen molar-refractivity contribution in [3.05, 3.63) is 28.3 Å². The van der Waals surface area contributed by atoms with Crippen molar-refractivity contribution >= 4 is 16.8 Å². The van der Waals surface area contributed by atoms with Gasteiger partial charge in [-0.2, -0.15) is 0 Å². The Hall–Kier alpha value is -2.61. The molecule has 8 nitrogen and oxygen atoms in total. The fourth-order valence-electron chi connectivity index (χ4n) is 3.44. The van der Waals surface area contributed by atoms with Gasteiger partial charge >= 0.3 is 0 Å². The molecule has 0 saturated carbocycles. The van der Waals surface area contributed by atoms with E-state index in [1.165, 1.54) is 7.11 Å². The number of benzene rings is 1. The van der Waals surface area contributed by atoms with Crippen LogP contribution in [-0.2, 0) is 11.3 Å². The van der Waals surface area contributed by atoms with Gasteiger partial charge in [0.1, 0.15) is 5.82 Å². The molecule has 1 aliphatic rings. The lowest BCUT2D eigenvalue weighted by Gasteiger charge is -2.31. The molecular formula is C19H26N4O4. The van der Waals surface area contributed by atoms with Crippen LogP contribution in [0.2, 0.25) is 0 Å². The zero-order valence-corrected chi connectivity index (χ0v) is 16.0. The first-order valence-electron chi connectivity index (χ1n) is 9.12. The number of hydrogen-bond donors (Lipinski definition) is 2. The molecule has 1 saturated heterocycles. The number of ether oxygens (including phenoxy) is 2. The molecule has 0 spiro atoms. The average molecular weight is 374 g/mol. The summed E-state index contributed by atoms with van der Waals surface area (Å²) in [6.45, 7) is 4.69. The van der Waals surface area contributed by atoms with Crippen molar-refractivity contribution in [3.8, 4) is 11.5 Å². The number of hydrogen-bond acceptors (Lipinski definition) is 6. The van der Waals surface area contributed by atoms with Crippen LogP contribution in [0, 0.1) is 5.92 Å². The van der Waals surface area contributed by atoms with Gasteiger partial charge in [-0.15, -0.1) is 0 Å². The van der Waals surface area contributed by atoms with E-state index in [-0.39, 0.29) is 11.5 Å². The fourth-order valence-corrected chi connectivity index (χ4v) is 3.44. The summed E-state index contributed by atoms with van der Waals surface area (Å²) < 4.78 is 10.6. The Morgan fingerprint density at radius 3 is 2.56 bits per heavy atom. The molecule has 2 aromatic rings. The largest absolute Gasteiger partial charge is 0.493 e. The van der Waals surface area contributed by atoms with E-state index in [1.807, 2.05) is 0 Å². The molecule has 0 aliphatic carbocycles. The van der Waals surface area contributed by atoms with Crippen LogP contribution in [0.25, 0.3) is 10.9 Å². The number of carbonyl (C=O) groups excluding carboxylic acids is 1. The molecule has 27 heavy (non-hydrogen) atoms. The highest BCUT2D eigenvalue weighted by atomic mass is 16.5. The molecule has 146 valence electrons. The van der Waals surface area contributed by atoms with E-state index in [0.29, 0.717) is 40.7 Å². The molecule has 2 N–H and O–H groups in total. The zero-order valence-electron chi connectivity index (χ0n) is 16.0. The summed E-state index contributed by atoms with van der Waals surface area (Å²) in [5, 5.41) is 3.37. The van der Waals surface area contributed by atoms with E-state index in [0.717, 1.165) is 32.5 Å². The van der Waals surface area contributed by atoms with Crippen LogP contribution in [0.5, 0.6) is 11.5 Å². The van der Waals surface area contributed by atoms with Crippen molar-refractivity contribution in [1.82, 2.24) is 20.2 Å². The maximum Gasteiger partial charge on any atom is 0.258 e. The lowest BCUT2D eigenvalue weighted by Crippen LogP contribution is -2.38. The van der Waals surface area contributed by atoms with Crippen LogP contribution >= 0.6 is 0 Å². The second-order valence-electron chi connectivity index (χ2n) is 6.89. The third-order valence-corrected chi connectivity index (χ3v) is 4.98. The van der Waals surface area contributed by atoms with Crippen LogP contribution in [0.4, 0.5) is 0 Å². The Labute approximate surface area is 157 Å². The van der Waals surface area contributed by atoms with Gasteiger partial charge in [0, 0.05) is 19.5 Å². The number of likely N-dealkylation sites (tertiary alicyclic amines) is 1. The number of aromatic amines is 1. The monoisotopic (exact) mass is 374 g/mol. The van der Waals surface area contributed by atoms with E-state index < -0.39 is 0 Å². The van der Waals surface area contributed by atoms with Crippen LogP contribution in [-0.4, -0.2) is 54.6 Å². The van der Waals surface area contributed by atoms with Gasteiger partial charge in [0.15, 0.2) is 11.5 Å². The van der Waals surface area contributed by atoms with Gasteiger partial charge in [-0.25, -0.2) is 4.98 Å². The third kappa shape index (κ3) is 4.57. The number of piperidine rings is 1. The Bertz CT molecular complexity index is 872. The summed E-state index contributed by atoms with van der Waals surface area (Å²) in [5.41, 5.74) is 0.406. The predicted molar refractivity (Wildman–Crippen MR) is 102 cm³/mol. The maximum atomic E-state index is 12.5. The molecule has 0 atom stereocenters. The molecule has 2 heterocycles. The van der Waals surface area contributed by atoms with Gasteiger partial charge in [0.2, 0.25) is 5.91 Å². The quantitative estimate of drug-likeness (QED) is 0.791. The van der Waals surface area contributed by atoms with Gasteiger partial charge in [-0.1, -0.05) is 0 Å². The van der Waals surface area contributed by atoms with Gasteiger partial charge in [-0.05, 0) is 37.9 Å². The molecule has 1 aromatic carbocycles. The van der Waals surface area contributed by atoms with E-state index in [2.05, 4.69) is 20.2 Å². The number of nitrogens with one attached hydrogen (secondary N) is 2. The molecule has 3 rings (SSSR count). The highest BCUT2D eigenvalue weighted by molar-refractivity contribution is 5.81. The molecule has 8 heteroatoms. The lowest BCUT2D eigenvalue weighted by atomic mass is 9.97. The summed E-state index contributed by atoms with van der Waals surface area (Å²) in [6, 6.07) is 3.38. The summed E-state index contributed by atoms with van der Waals surface area (Å²) >= 11 is 0. The molecule has 0 unspecified atom stereocenters. The first-order valence-corrected chi connectivity index (χ1v) is 9.12. The molecule has 0 radical (unpaired) electrons. The smallest absolute Gasteiger partial charge is 0.258 e. The van der Waals surface area contributed by atoms with E-state index >= 15 is 0 Å². The predicted octanol–water partition coefficient (Wildman–Crippen LogP) is 1.29. The van der Waals surface area contributed by atoms with Crippen LogP contribution in [0.1, 0.15) is 25.6 Å². The first kappa shape index (κ1) is 19.2. The maximum absolute atomic E-state index is 12.5. The van der Waals surface area contributed by atoms with Crippen LogP contribution < -0.4 is 20.3 Å². The van der Waals surface area contributed by atoms with Crippen molar-refractivity contribution in [2.75, 3.05) is 33.9 Å². The number of H-pyrrole nitrogens is 1. The zero-order chi connectivity index (χ0) is 19.4. The summed E-state index contributed by atoms with van der Waals surface area (Å²) in [4.78, 5) is 33.2. The van der Waals surface area contributed by atoms with Crippen molar-refractivity contribution in [1.29, 1.82) is 0 Å². The highest BCUT2D eigenvalue weighted by Crippen LogP contribution is 2.30. The third-order valence-electron chi connectivity index (χ3n) is 4.98. The van der Waals surface area contributed by atoms with Gasteiger partial charge < -0.3 is 19.8 Å². The summed E-state index contributed by atoms with van der Waals surface area (Å²) in [7, 11) is 3.10. The Balaban J connectivity index is 1.71. The minimum atomic E-state index is -0.184. The van der Waals surface area contributed by atoms with E-state index in [1.54, 1.807) is 26.2 Å². The number of aromatic nitrogens is 2. The van der Waals surface area contributed by atoms with Crippen LogP contribution in [0.3, 0.4) is 0 Å². The number of nitrogens with zero attached hydrogens (tertiary/aromatic N) is 2. The molecule has 1 amide bonds. The van der Waals surface area contributed by atoms with E-state index in [4.69, 9.17) is 9.47 Å². The lowest BCUT2D eigenvalue weighted by molar-refractivity contribution is -0.119. The number of fused-ring (bicyclic) bond motifs is 1. The molecule has 1 aliphatic heterocycles. The normalized spacial score (nSPS) is 15.7. The SMILES string of the molecule is COc1cc2nc(CN3CCC(CNC(C)=O)CC3)[nH]c(=O)c2cc1OC. The molecular weight excluding hydrogens is 348 g/mol. The minimum absolute atomic E-state index is 0.0161. The number of amides is 1. The van der Waals surface area contributed by atoms with Crippen molar-refractivity contribution in [2.45, 2.75) is 26.3 Å². The van der Waals surface area contributed by atoms with E-state index in [9.17, 15) is 9.59 Å². The highest BCUT2D eigenvalue weighted by Gasteiger charge is 2.20. The molecule has 0 bridgehead atoms. The average Bonchev–Trinajstić information content (AvgIpc) is 2.66. The first-order chi connectivity index (χ1) is 13.0. The standard InChI is InChI=1S/C19H26N4O4/c1-12(24)20-10-13-4-6-23(7-5-13)11-18-21-15-9-17(27-3)16(26-2)8-14(15)19(25)22-18/h8-9,13H,4-7,10-11H2,1-3H3,(H,20,24)(H,21,22,25). The topological polar surface area (TPSA) is 96.5 Å². The summed E-state index contributed by atoms with van der Waals surface area (Å²) in [6.07, 6.45) is 2.03. The second-order valence-corrected chi connectivity index (χ2v) is 6.89. The number of methoxy groups -OCH3 is 2. The van der Waals surface area contributed by atoms with Crippen LogP contribution in [0.15, 0.2) is 16.9 Å². The van der Waals surface area contributed by atoms with Crippen molar-refractivity contribution in [3.63, 3.8) is 0 Å². The van der Waals surface area contributed by atoms with Crippen molar-refractivity contribution < 1.29 is 14.3 Å². The van der Waals surface area contributed by atoms with Gasteiger partial charge in [-0.3, -0.25) is 14.5 Å². The fraction of sp³-hybridized carbons (Fsp3) is 0.526. The Morgan fingerprint density at radius 2 is 1.93 bits per heavy atom. The van der Waals surface area contributed by atoms with Gasteiger partial charge in [0.25, 0.3) is 5.56 Å². The van der Waals surface area contributed by atoms with Crippen molar-refractivity contribution in [2.24, 2.45) is 5.92 Å². The second kappa shape index (κ2) is 8.39. The minimum Gasteiger partial charge on any atom is -0.493 e. The molecule has 1 fully saturated rings. The number of rotatable bonds is 6. The molecule has 1 aromatic heterocycles. The Morgan fingerprint density at radius 1 is 1.26 bits per heavy atom. The Kier molecular flexibility index (Phi) is 5.95.